The summed E-state index contributed by atoms with van der Waals surface area (Å²) in [5, 5.41) is 3.38. The monoisotopic (exact) mass is 259 g/mol. The second-order valence-corrected chi connectivity index (χ2v) is 5.14. The number of aromatic nitrogens is 2. The largest absolute Gasteiger partial charge is 0.327 e. The number of hydrogen-bond acceptors (Lipinski definition) is 2. The molecule has 3 nitrogen and oxygen atoms in total. The maximum Gasteiger partial charge on any atom is 0.123 e. The molecule has 0 amide bonds. The van der Waals surface area contributed by atoms with Gasteiger partial charge >= 0.3 is 0 Å². The fourth-order valence-corrected chi connectivity index (χ4v) is 2.76. The van der Waals surface area contributed by atoms with Gasteiger partial charge in [0, 0.05) is 24.4 Å². The number of rotatable bonds is 3. The Morgan fingerprint density at radius 2 is 2.16 bits per heavy atom. The van der Waals surface area contributed by atoms with Crippen LogP contribution in [0.15, 0.2) is 36.8 Å². The van der Waals surface area contributed by atoms with Crippen molar-refractivity contribution >= 4 is 0 Å². The number of hydrogen-bond donors (Lipinski definition) is 1. The summed E-state index contributed by atoms with van der Waals surface area (Å²) in [6.45, 7) is 4.21. The third-order valence-corrected chi connectivity index (χ3v) is 3.94. The molecule has 1 saturated heterocycles. The van der Waals surface area contributed by atoms with Gasteiger partial charge in [-0.3, -0.25) is 0 Å². The standard InChI is InChI=1S/C15H18FN3/c1-11(12-2-4-14(16)5-3-12)19-10-18-9-15(19)13-6-7-17-8-13/h2-5,9-11,13,17H,6-8H2,1H3. The SMILES string of the molecule is CC(c1ccc(F)cc1)n1cncc1C1CCNC1. The Morgan fingerprint density at radius 1 is 1.37 bits per heavy atom. The first-order chi connectivity index (χ1) is 9.25. The molecule has 3 rings (SSSR count). The first-order valence-electron chi connectivity index (χ1n) is 6.73. The van der Waals surface area contributed by atoms with Gasteiger partial charge in [0.05, 0.1) is 12.4 Å². The molecule has 0 aliphatic carbocycles. The predicted octanol–water partition coefficient (Wildman–Crippen LogP) is 2.71. The van der Waals surface area contributed by atoms with Crippen molar-refractivity contribution in [3.05, 3.63) is 53.9 Å². The molecule has 2 aromatic rings. The van der Waals surface area contributed by atoms with Gasteiger partial charge in [0.1, 0.15) is 5.82 Å². The van der Waals surface area contributed by atoms with E-state index >= 15 is 0 Å². The molecule has 0 bridgehead atoms. The van der Waals surface area contributed by atoms with Crippen LogP contribution in [-0.2, 0) is 0 Å². The topological polar surface area (TPSA) is 29.9 Å². The van der Waals surface area contributed by atoms with Crippen LogP contribution in [0.4, 0.5) is 4.39 Å². The zero-order chi connectivity index (χ0) is 13.2. The van der Waals surface area contributed by atoms with E-state index in [9.17, 15) is 4.39 Å². The van der Waals surface area contributed by atoms with Crippen LogP contribution in [0.25, 0.3) is 0 Å². The lowest BCUT2D eigenvalue weighted by Gasteiger charge is -2.19. The van der Waals surface area contributed by atoms with Gasteiger partial charge in [-0.1, -0.05) is 12.1 Å². The van der Waals surface area contributed by atoms with Crippen molar-refractivity contribution in [1.82, 2.24) is 14.9 Å². The first-order valence-corrected chi connectivity index (χ1v) is 6.73. The fourth-order valence-electron chi connectivity index (χ4n) is 2.76. The summed E-state index contributed by atoms with van der Waals surface area (Å²) < 4.78 is 15.2. The van der Waals surface area contributed by atoms with Crippen molar-refractivity contribution in [2.45, 2.75) is 25.3 Å². The van der Waals surface area contributed by atoms with Crippen molar-refractivity contribution in [3.8, 4) is 0 Å². The van der Waals surface area contributed by atoms with Crippen molar-refractivity contribution in [1.29, 1.82) is 0 Å². The van der Waals surface area contributed by atoms with E-state index in [0.717, 1.165) is 25.1 Å². The van der Waals surface area contributed by atoms with Crippen LogP contribution in [0.5, 0.6) is 0 Å². The Morgan fingerprint density at radius 3 is 2.84 bits per heavy atom. The highest BCUT2D eigenvalue weighted by molar-refractivity contribution is 5.22. The maximum atomic E-state index is 13.0. The van der Waals surface area contributed by atoms with Gasteiger partial charge in [0.25, 0.3) is 0 Å². The van der Waals surface area contributed by atoms with Gasteiger partial charge < -0.3 is 9.88 Å². The predicted molar refractivity (Wildman–Crippen MR) is 72.7 cm³/mol. The van der Waals surface area contributed by atoms with Gasteiger partial charge in [0.2, 0.25) is 0 Å². The van der Waals surface area contributed by atoms with E-state index in [0.29, 0.717) is 5.92 Å². The molecule has 1 fully saturated rings. The first kappa shape index (κ1) is 12.4. The molecule has 100 valence electrons. The smallest absolute Gasteiger partial charge is 0.123 e. The minimum absolute atomic E-state index is 0.179. The quantitative estimate of drug-likeness (QED) is 0.918. The summed E-state index contributed by atoms with van der Waals surface area (Å²) in [6, 6.07) is 6.89. The Bertz CT molecular complexity index is 541. The third kappa shape index (κ3) is 2.40. The summed E-state index contributed by atoms with van der Waals surface area (Å²) in [5.41, 5.74) is 2.37. The van der Waals surface area contributed by atoms with Crippen LogP contribution in [0.3, 0.4) is 0 Å². The minimum Gasteiger partial charge on any atom is -0.327 e. The average Bonchev–Trinajstić information content (AvgIpc) is 3.09. The maximum absolute atomic E-state index is 13.0. The molecule has 19 heavy (non-hydrogen) atoms. The minimum atomic E-state index is -0.193. The summed E-state index contributed by atoms with van der Waals surface area (Å²) >= 11 is 0. The molecule has 0 radical (unpaired) electrons. The van der Waals surface area contributed by atoms with E-state index in [4.69, 9.17) is 0 Å². The van der Waals surface area contributed by atoms with Crippen molar-refractivity contribution in [2.24, 2.45) is 0 Å². The Hall–Kier alpha value is -1.68. The van der Waals surface area contributed by atoms with E-state index in [1.807, 2.05) is 24.7 Å². The summed E-state index contributed by atoms with van der Waals surface area (Å²) in [4.78, 5) is 4.29. The molecular formula is C15H18FN3. The van der Waals surface area contributed by atoms with Crippen LogP contribution in [-0.4, -0.2) is 22.6 Å². The molecule has 1 aromatic carbocycles. The van der Waals surface area contributed by atoms with E-state index in [1.54, 1.807) is 0 Å². The van der Waals surface area contributed by atoms with Gasteiger partial charge in [-0.15, -0.1) is 0 Å². The second-order valence-electron chi connectivity index (χ2n) is 5.14. The molecule has 1 aromatic heterocycles. The fraction of sp³-hybridized carbons (Fsp3) is 0.400. The van der Waals surface area contributed by atoms with Crippen LogP contribution >= 0.6 is 0 Å². The molecule has 1 N–H and O–H groups in total. The Labute approximate surface area is 112 Å². The summed E-state index contributed by atoms with van der Waals surface area (Å²) in [5.74, 6) is 0.340. The Kier molecular flexibility index (Phi) is 3.34. The van der Waals surface area contributed by atoms with Gasteiger partial charge in [-0.25, -0.2) is 9.37 Å². The van der Waals surface area contributed by atoms with Crippen molar-refractivity contribution < 1.29 is 4.39 Å². The summed E-state index contributed by atoms with van der Waals surface area (Å²) in [7, 11) is 0. The van der Waals surface area contributed by atoms with Crippen LogP contribution in [0.1, 0.15) is 36.6 Å². The zero-order valence-electron chi connectivity index (χ0n) is 11.0. The van der Waals surface area contributed by atoms with E-state index in [-0.39, 0.29) is 11.9 Å². The zero-order valence-corrected chi connectivity index (χ0v) is 11.0. The Balaban J connectivity index is 1.89. The van der Waals surface area contributed by atoms with E-state index < -0.39 is 0 Å². The molecular weight excluding hydrogens is 241 g/mol. The lowest BCUT2D eigenvalue weighted by atomic mass is 10.0. The summed E-state index contributed by atoms with van der Waals surface area (Å²) in [6.07, 6.45) is 4.99. The molecule has 2 atom stereocenters. The number of benzene rings is 1. The molecule has 2 unspecified atom stereocenters. The lowest BCUT2D eigenvalue weighted by Crippen LogP contribution is -2.14. The molecule has 1 aliphatic heterocycles. The third-order valence-electron chi connectivity index (χ3n) is 3.94. The number of nitrogens with one attached hydrogen (secondary N) is 1. The second kappa shape index (κ2) is 5.13. The van der Waals surface area contributed by atoms with Crippen LogP contribution < -0.4 is 5.32 Å². The molecule has 0 spiro atoms. The molecule has 0 saturated carbocycles. The number of halogens is 1. The average molecular weight is 259 g/mol. The normalized spacial score (nSPS) is 20.6. The van der Waals surface area contributed by atoms with Gasteiger partial charge in [-0.05, 0) is 37.6 Å². The number of imidazole rings is 1. The number of nitrogens with zero attached hydrogens (tertiary/aromatic N) is 2. The van der Waals surface area contributed by atoms with E-state index in [2.05, 4.69) is 21.8 Å². The van der Waals surface area contributed by atoms with Gasteiger partial charge in [0.15, 0.2) is 0 Å². The van der Waals surface area contributed by atoms with Gasteiger partial charge in [-0.2, -0.15) is 0 Å². The van der Waals surface area contributed by atoms with Crippen LogP contribution in [0, 0.1) is 5.82 Å². The molecule has 4 heteroatoms. The molecule has 2 heterocycles. The van der Waals surface area contributed by atoms with Crippen molar-refractivity contribution in [3.63, 3.8) is 0 Å². The molecule has 1 aliphatic rings. The lowest BCUT2D eigenvalue weighted by molar-refractivity contribution is 0.571. The van der Waals surface area contributed by atoms with Crippen LogP contribution in [0.2, 0.25) is 0 Å². The highest BCUT2D eigenvalue weighted by Gasteiger charge is 2.22. The van der Waals surface area contributed by atoms with Crippen molar-refractivity contribution in [2.75, 3.05) is 13.1 Å². The van der Waals surface area contributed by atoms with E-state index in [1.165, 1.54) is 17.8 Å². The highest BCUT2D eigenvalue weighted by Crippen LogP contribution is 2.27. The highest BCUT2D eigenvalue weighted by atomic mass is 19.1.